The van der Waals surface area contributed by atoms with Gasteiger partial charge in [0.05, 0.1) is 6.04 Å². The van der Waals surface area contributed by atoms with Crippen LogP contribution in [0.1, 0.15) is 37.6 Å². The van der Waals surface area contributed by atoms with Crippen molar-refractivity contribution in [2.45, 2.75) is 39.3 Å². The normalized spacial score (nSPS) is 14.2. The van der Waals surface area contributed by atoms with E-state index < -0.39 is 0 Å². The van der Waals surface area contributed by atoms with Crippen LogP contribution < -0.4 is 10.2 Å². The van der Waals surface area contributed by atoms with Gasteiger partial charge in [0.2, 0.25) is 5.89 Å². The summed E-state index contributed by atoms with van der Waals surface area (Å²) >= 11 is 1.78. The predicted molar refractivity (Wildman–Crippen MR) is 82.3 cm³/mol. The van der Waals surface area contributed by atoms with Gasteiger partial charge in [0.1, 0.15) is 0 Å². The molecule has 1 N–H and O–H groups in total. The van der Waals surface area contributed by atoms with E-state index in [4.69, 9.17) is 4.42 Å². The Kier molecular flexibility index (Phi) is 5.14. The third-order valence-corrected chi connectivity index (χ3v) is 4.25. The van der Waals surface area contributed by atoms with Crippen molar-refractivity contribution < 1.29 is 4.42 Å². The molecule has 0 aliphatic rings. The van der Waals surface area contributed by atoms with Crippen molar-refractivity contribution in [3.63, 3.8) is 0 Å². The largest absolute Gasteiger partial charge is 0.406 e. The Morgan fingerprint density at radius 3 is 2.85 bits per heavy atom. The highest BCUT2D eigenvalue weighted by Crippen LogP contribution is 2.20. The molecular formula is C14H22N4OS. The van der Waals surface area contributed by atoms with Crippen molar-refractivity contribution in [3.8, 4) is 0 Å². The third-order valence-electron chi connectivity index (χ3n) is 3.35. The van der Waals surface area contributed by atoms with Crippen molar-refractivity contribution in [2.75, 3.05) is 18.5 Å². The molecular weight excluding hydrogens is 272 g/mol. The molecule has 2 aromatic heterocycles. The average Bonchev–Trinajstić information content (AvgIpc) is 3.09. The van der Waals surface area contributed by atoms with E-state index in [9.17, 15) is 0 Å². The zero-order chi connectivity index (χ0) is 14.5. The lowest BCUT2D eigenvalue weighted by atomic mass is 10.2. The predicted octanol–water partition coefficient (Wildman–Crippen LogP) is 2.87. The van der Waals surface area contributed by atoms with Crippen LogP contribution in [0.4, 0.5) is 6.01 Å². The van der Waals surface area contributed by atoms with Crippen LogP contribution in [-0.4, -0.2) is 29.8 Å². The van der Waals surface area contributed by atoms with Gasteiger partial charge in [0.25, 0.3) is 0 Å². The number of likely N-dealkylation sites (N-methyl/N-ethyl adjacent to an activating group) is 1. The number of anilines is 1. The third kappa shape index (κ3) is 3.58. The summed E-state index contributed by atoms with van der Waals surface area (Å²) in [5, 5.41) is 13.6. The maximum absolute atomic E-state index is 5.74. The molecule has 0 aromatic carbocycles. The first-order valence-electron chi connectivity index (χ1n) is 6.93. The number of nitrogens with one attached hydrogen (secondary N) is 1. The molecule has 2 atom stereocenters. The second kappa shape index (κ2) is 6.85. The maximum Gasteiger partial charge on any atom is 0.318 e. The lowest BCUT2D eigenvalue weighted by Gasteiger charge is -2.22. The van der Waals surface area contributed by atoms with Gasteiger partial charge in [0, 0.05) is 24.4 Å². The summed E-state index contributed by atoms with van der Waals surface area (Å²) in [6.07, 6.45) is 0.981. The minimum absolute atomic E-state index is 0.0854. The van der Waals surface area contributed by atoms with Crippen molar-refractivity contribution >= 4 is 17.4 Å². The topological polar surface area (TPSA) is 54.2 Å². The van der Waals surface area contributed by atoms with Gasteiger partial charge >= 0.3 is 6.01 Å². The van der Waals surface area contributed by atoms with Gasteiger partial charge in [-0.1, -0.05) is 18.1 Å². The fourth-order valence-corrected chi connectivity index (χ4v) is 2.81. The second-order valence-electron chi connectivity index (χ2n) is 4.95. The van der Waals surface area contributed by atoms with Crippen LogP contribution in [-0.2, 0) is 6.42 Å². The molecule has 0 aliphatic carbocycles. The quantitative estimate of drug-likeness (QED) is 0.851. The highest BCUT2D eigenvalue weighted by molar-refractivity contribution is 7.09. The lowest BCUT2D eigenvalue weighted by molar-refractivity contribution is 0.416. The van der Waals surface area contributed by atoms with Crippen LogP contribution in [0.2, 0.25) is 0 Å². The fraction of sp³-hybridized carbons (Fsp3) is 0.571. The number of hydrogen-bond donors (Lipinski definition) is 1. The van der Waals surface area contributed by atoms with Crippen LogP contribution in [0, 0.1) is 0 Å². The minimum Gasteiger partial charge on any atom is -0.406 e. The first-order chi connectivity index (χ1) is 9.61. The number of hydrogen-bond acceptors (Lipinski definition) is 6. The molecule has 0 saturated heterocycles. The Balaban J connectivity index is 1.99. The Morgan fingerprint density at radius 2 is 2.20 bits per heavy atom. The van der Waals surface area contributed by atoms with Crippen LogP contribution >= 0.6 is 11.3 Å². The van der Waals surface area contributed by atoms with E-state index in [0.717, 1.165) is 13.0 Å². The highest BCUT2D eigenvalue weighted by atomic mass is 32.1. The molecule has 0 saturated carbocycles. The standard InChI is InChI=1S/C14H22N4OS/c1-5-15-11(3)13-16-17-14(19-13)18(4)10(2)9-12-7-6-8-20-12/h6-8,10-11,15H,5,9H2,1-4H3. The highest BCUT2D eigenvalue weighted by Gasteiger charge is 2.19. The van der Waals surface area contributed by atoms with Gasteiger partial charge in [-0.3, -0.25) is 0 Å². The van der Waals surface area contributed by atoms with E-state index in [1.54, 1.807) is 11.3 Å². The fourth-order valence-electron chi connectivity index (χ4n) is 1.98. The van der Waals surface area contributed by atoms with E-state index in [1.807, 2.05) is 18.9 Å². The summed E-state index contributed by atoms with van der Waals surface area (Å²) in [6.45, 7) is 7.12. The summed E-state index contributed by atoms with van der Waals surface area (Å²) in [4.78, 5) is 3.40. The molecule has 2 unspecified atom stereocenters. The molecule has 0 aliphatic heterocycles. The molecule has 0 bridgehead atoms. The number of rotatable bonds is 7. The summed E-state index contributed by atoms with van der Waals surface area (Å²) in [5.74, 6) is 0.636. The van der Waals surface area contributed by atoms with E-state index >= 15 is 0 Å². The smallest absolute Gasteiger partial charge is 0.318 e. The van der Waals surface area contributed by atoms with Gasteiger partial charge in [0.15, 0.2) is 0 Å². The van der Waals surface area contributed by atoms with Crippen molar-refractivity contribution in [1.29, 1.82) is 0 Å². The average molecular weight is 294 g/mol. The van der Waals surface area contributed by atoms with E-state index in [1.165, 1.54) is 4.88 Å². The molecule has 0 spiro atoms. The molecule has 0 radical (unpaired) electrons. The summed E-state index contributed by atoms with van der Waals surface area (Å²) < 4.78 is 5.74. The van der Waals surface area contributed by atoms with Crippen LogP contribution in [0.5, 0.6) is 0 Å². The van der Waals surface area contributed by atoms with E-state index in [-0.39, 0.29) is 6.04 Å². The van der Waals surface area contributed by atoms with Crippen molar-refractivity contribution in [3.05, 3.63) is 28.3 Å². The number of aromatic nitrogens is 2. The molecule has 0 amide bonds. The second-order valence-corrected chi connectivity index (χ2v) is 5.98. The Morgan fingerprint density at radius 1 is 1.40 bits per heavy atom. The van der Waals surface area contributed by atoms with E-state index in [2.05, 4.69) is 46.9 Å². The van der Waals surface area contributed by atoms with Crippen LogP contribution in [0.25, 0.3) is 0 Å². The van der Waals surface area contributed by atoms with E-state index in [0.29, 0.717) is 17.9 Å². The van der Waals surface area contributed by atoms with Gasteiger partial charge in [-0.2, -0.15) is 0 Å². The zero-order valence-corrected chi connectivity index (χ0v) is 13.3. The monoisotopic (exact) mass is 294 g/mol. The molecule has 2 aromatic rings. The number of nitrogens with zero attached hydrogens (tertiary/aromatic N) is 3. The Labute approximate surface area is 124 Å². The molecule has 5 nitrogen and oxygen atoms in total. The summed E-state index contributed by atoms with van der Waals surface area (Å²) in [7, 11) is 1.99. The molecule has 110 valence electrons. The Hall–Kier alpha value is -1.40. The SMILES string of the molecule is CCNC(C)c1nnc(N(C)C(C)Cc2cccs2)o1. The lowest BCUT2D eigenvalue weighted by Crippen LogP contribution is -2.30. The minimum atomic E-state index is 0.0854. The first-order valence-corrected chi connectivity index (χ1v) is 7.81. The number of thiophene rings is 1. The van der Waals surface area contributed by atoms with Crippen LogP contribution in [0.3, 0.4) is 0 Å². The molecule has 2 heterocycles. The van der Waals surface area contributed by atoms with Crippen molar-refractivity contribution in [2.24, 2.45) is 0 Å². The summed E-state index contributed by atoms with van der Waals surface area (Å²) in [5.41, 5.74) is 0. The Bertz CT molecular complexity index is 511. The first kappa shape index (κ1) is 15.0. The zero-order valence-electron chi connectivity index (χ0n) is 12.5. The van der Waals surface area contributed by atoms with Gasteiger partial charge in [-0.25, -0.2) is 0 Å². The van der Waals surface area contributed by atoms with Crippen LogP contribution in [0.15, 0.2) is 21.9 Å². The van der Waals surface area contributed by atoms with Crippen molar-refractivity contribution in [1.82, 2.24) is 15.5 Å². The molecule has 20 heavy (non-hydrogen) atoms. The molecule has 6 heteroatoms. The van der Waals surface area contributed by atoms with Gasteiger partial charge < -0.3 is 14.6 Å². The molecule has 2 rings (SSSR count). The summed E-state index contributed by atoms with van der Waals surface area (Å²) in [6, 6.07) is 5.21. The molecule has 0 fully saturated rings. The van der Waals surface area contributed by atoms with Gasteiger partial charge in [-0.15, -0.1) is 16.4 Å². The van der Waals surface area contributed by atoms with Gasteiger partial charge in [-0.05, 0) is 31.8 Å². The maximum atomic E-state index is 5.74.